The largest absolute Gasteiger partial charge is 0.396 e. The van der Waals surface area contributed by atoms with E-state index in [1.807, 2.05) is 6.92 Å². The van der Waals surface area contributed by atoms with Crippen molar-refractivity contribution in [2.75, 3.05) is 12.8 Å². The van der Waals surface area contributed by atoms with E-state index in [4.69, 9.17) is 10.3 Å². The van der Waals surface area contributed by atoms with Crippen LogP contribution in [0.3, 0.4) is 0 Å². The van der Waals surface area contributed by atoms with Crippen LogP contribution in [0, 0.1) is 6.92 Å². The minimum absolute atomic E-state index is 0.0692. The first-order valence-corrected chi connectivity index (χ1v) is 4.94. The van der Waals surface area contributed by atoms with Gasteiger partial charge in [-0.3, -0.25) is 9.48 Å². The molecule has 2 aromatic heterocycles. The predicted molar refractivity (Wildman–Crippen MR) is 58.2 cm³/mol. The molecule has 0 fully saturated rings. The second-order valence-corrected chi connectivity index (χ2v) is 3.44. The molecule has 2 heterocycles. The van der Waals surface area contributed by atoms with Gasteiger partial charge in [0.15, 0.2) is 5.82 Å². The first kappa shape index (κ1) is 11.1. The lowest BCUT2D eigenvalue weighted by Gasteiger charge is -1.99. The molecule has 0 saturated carbocycles. The highest BCUT2D eigenvalue weighted by atomic mass is 16.5. The lowest BCUT2D eigenvalue weighted by Crippen LogP contribution is -2.18. The quantitative estimate of drug-likeness (QED) is 0.747. The number of rotatable bonds is 3. The van der Waals surface area contributed by atoms with Crippen LogP contribution in [-0.2, 0) is 6.54 Å². The number of nitrogens with zero attached hydrogens (tertiary/aromatic N) is 4. The number of nitrogen functional groups attached to an aromatic ring is 1. The lowest BCUT2D eigenvalue weighted by atomic mass is 10.4. The van der Waals surface area contributed by atoms with Gasteiger partial charge in [-0.05, 0) is 6.92 Å². The third-order valence-electron chi connectivity index (χ3n) is 2.32. The Morgan fingerprint density at radius 1 is 1.65 bits per heavy atom. The first-order valence-electron chi connectivity index (χ1n) is 4.94. The number of nitrogens with one attached hydrogen (secondary N) is 1. The van der Waals surface area contributed by atoms with Crippen LogP contribution in [0.4, 0.5) is 5.69 Å². The van der Waals surface area contributed by atoms with Crippen molar-refractivity contribution in [3.8, 4) is 0 Å². The normalized spacial score (nSPS) is 10.5. The molecule has 0 radical (unpaired) electrons. The van der Waals surface area contributed by atoms with Gasteiger partial charge in [0.05, 0.1) is 17.6 Å². The van der Waals surface area contributed by atoms with Crippen molar-refractivity contribution in [3.63, 3.8) is 0 Å². The average Bonchev–Trinajstić information content (AvgIpc) is 2.91. The Labute approximate surface area is 96.8 Å². The van der Waals surface area contributed by atoms with Crippen LogP contribution in [-0.4, -0.2) is 32.9 Å². The molecule has 0 aliphatic heterocycles. The van der Waals surface area contributed by atoms with Gasteiger partial charge in [0.2, 0.25) is 0 Å². The van der Waals surface area contributed by atoms with Crippen LogP contribution in [0.5, 0.6) is 0 Å². The summed E-state index contributed by atoms with van der Waals surface area (Å²) < 4.78 is 6.42. The Morgan fingerprint density at radius 3 is 3.00 bits per heavy atom. The van der Waals surface area contributed by atoms with Gasteiger partial charge in [0, 0.05) is 7.05 Å². The van der Waals surface area contributed by atoms with Gasteiger partial charge >= 0.3 is 11.8 Å². The van der Waals surface area contributed by atoms with Crippen LogP contribution < -0.4 is 11.1 Å². The summed E-state index contributed by atoms with van der Waals surface area (Å²) in [5.41, 5.74) is 7.07. The smallest absolute Gasteiger partial charge is 0.315 e. The second kappa shape index (κ2) is 4.24. The summed E-state index contributed by atoms with van der Waals surface area (Å²) in [6, 6.07) is 0. The molecular weight excluding hydrogens is 224 g/mol. The maximum atomic E-state index is 11.2. The lowest BCUT2D eigenvalue weighted by molar-refractivity contribution is 0.0919. The van der Waals surface area contributed by atoms with E-state index in [2.05, 4.69) is 20.6 Å². The van der Waals surface area contributed by atoms with Crippen molar-refractivity contribution in [3.05, 3.63) is 23.6 Å². The molecule has 0 spiro atoms. The number of aromatic nitrogens is 4. The fourth-order valence-corrected chi connectivity index (χ4v) is 1.27. The van der Waals surface area contributed by atoms with Crippen LogP contribution >= 0.6 is 0 Å². The third-order valence-corrected chi connectivity index (χ3v) is 2.32. The highest BCUT2D eigenvalue weighted by Crippen LogP contribution is 2.09. The molecule has 0 aliphatic carbocycles. The Morgan fingerprint density at radius 2 is 2.41 bits per heavy atom. The van der Waals surface area contributed by atoms with Gasteiger partial charge < -0.3 is 15.6 Å². The Balaban J connectivity index is 2.17. The average molecular weight is 236 g/mol. The van der Waals surface area contributed by atoms with Crippen molar-refractivity contribution in [2.45, 2.75) is 13.5 Å². The maximum Gasteiger partial charge on any atom is 0.315 e. The molecule has 0 unspecified atom stereocenters. The van der Waals surface area contributed by atoms with Gasteiger partial charge in [-0.25, -0.2) is 0 Å². The molecule has 0 bridgehead atoms. The van der Waals surface area contributed by atoms with Crippen LogP contribution in [0.25, 0.3) is 0 Å². The number of hydrogen-bond acceptors (Lipinski definition) is 6. The molecule has 2 rings (SSSR count). The zero-order chi connectivity index (χ0) is 12.4. The van der Waals surface area contributed by atoms with Crippen molar-refractivity contribution in [1.29, 1.82) is 0 Å². The van der Waals surface area contributed by atoms with E-state index < -0.39 is 5.91 Å². The van der Waals surface area contributed by atoms with E-state index in [1.165, 1.54) is 7.05 Å². The minimum Gasteiger partial charge on any atom is -0.396 e. The molecule has 3 N–H and O–H groups in total. The summed E-state index contributed by atoms with van der Waals surface area (Å²) in [6.07, 6.45) is 1.55. The van der Waals surface area contributed by atoms with E-state index in [-0.39, 0.29) is 5.89 Å². The minimum atomic E-state index is -0.416. The molecule has 90 valence electrons. The molecule has 0 saturated heterocycles. The van der Waals surface area contributed by atoms with E-state index in [9.17, 15) is 4.79 Å². The predicted octanol–water partition coefficient (Wildman–Crippen LogP) is -0.435. The van der Waals surface area contributed by atoms with Gasteiger partial charge in [-0.15, -0.1) is 0 Å². The number of amides is 1. The summed E-state index contributed by atoms with van der Waals surface area (Å²) >= 11 is 0. The van der Waals surface area contributed by atoms with Crippen molar-refractivity contribution in [2.24, 2.45) is 0 Å². The van der Waals surface area contributed by atoms with Crippen molar-refractivity contribution >= 4 is 11.6 Å². The fourth-order valence-electron chi connectivity index (χ4n) is 1.27. The monoisotopic (exact) mass is 236 g/mol. The number of carbonyl (C=O) groups excluding carboxylic acids is 1. The topological polar surface area (TPSA) is 112 Å². The molecule has 2 aromatic rings. The van der Waals surface area contributed by atoms with E-state index in [0.29, 0.717) is 18.1 Å². The second-order valence-electron chi connectivity index (χ2n) is 3.44. The summed E-state index contributed by atoms with van der Waals surface area (Å²) in [7, 11) is 1.49. The Kier molecular flexibility index (Phi) is 2.77. The third kappa shape index (κ3) is 2.10. The fraction of sp³-hybridized carbons (Fsp3) is 0.333. The van der Waals surface area contributed by atoms with Crippen molar-refractivity contribution in [1.82, 2.24) is 25.2 Å². The molecular formula is C9H12N6O2. The molecule has 0 atom stereocenters. The highest BCUT2D eigenvalue weighted by molar-refractivity contribution is 5.89. The standard InChI is InChI=1S/C9H12N6O2/c1-5-6(10)3-12-15(5)4-7-13-9(17-14-7)8(16)11-2/h3H,4,10H2,1-2H3,(H,11,16). The van der Waals surface area contributed by atoms with Gasteiger partial charge in [-0.1, -0.05) is 5.16 Å². The summed E-state index contributed by atoms with van der Waals surface area (Å²) in [4.78, 5) is 15.1. The zero-order valence-electron chi connectivity index (χ0n) is 9.47. The zero-order valence-corrected chi connectivity index (χ0v) is 9.47. The maximum absolute atomic E-state index is 11.2. The number of nitrogens with two attached hydrogens (primary N) is 1. The first-order chi connectivity index (χ1) is 8.11. The van der Waals surface area contributed by atoms with Gasteiger partial charge in [0.25, 0.3) is 0 Å². The van der Waals surface area contributed by atoms with E-state index in [0.717, 1.165) is 5.69 Å². The summed E-state index contributed by atoms with van der Waals surface area (Å²) in [6.45, 7) is 2.14. The van der Waals surface area contributed by atoms with Gasteiger partial charge in [0.1, 0.15) is 6.54 Å². The Hall–Kier alpha value is -2.38. The molecule has 8 nitrogen and oxygen atoms in total. The molecule has 0 aromatic carbocycles. The number of carbonyl (C=O) groups is 1. The summed E-state index contributed by atoms with van der Waals surface area (Å²) in [5.74, 6) is -0.115. The number of anilines is 1. The summed E-state index contributed by atoms with van der Waals surface area (Å²) in [5, 5.41) is 10.1. The van der Waals surface area contributed by atoms with Crippen molar-refractivity contribution < 1.29 is 9.32 Å². The Bertz CT molecular complexity index is 543. The van der Waals surface area contributed by atoms with Crippen LogP contribution in [0.15, 0.2) is 10.7 Å². The highest BCUT2D eigenvalue weighted by Gasteiger charge is 2.14. The number of hydrogen-bond donors (Lipinski definition) is 2. The molecule has 0 aliphatic rings. The SMILES string of the molecule is CNC(=O)c1nc(Cn2ncc(N)c2C)no1. The van der Waals surface area contributed by atoms with E-state index in [1.54, 1.807) is 10.9 Å². The molecule has 8 heteroatoms. The molecule has 17 heavy (non-hydrogen) atoms. The van der Waals surface area contributed by atoms with Gasteiger partial charge in [-0.2, -0.15) is 10.1 Å². The van der Waals surface area contributed by atoms with Crippen LogP contribution in [0.1, 0.15) is 22.2 Å². The van der Waals surface area contributed by atoms with Crippen LogP contribution in [0.2, 0.25) is 0 Å². The van der Waals surface area contributed by atoms with E-state index >= 15 is 0 Å². The molecule has 1 amide bonds.